The van der Waals surface area contributed by atoms with Gasteiger partial charge in [0.1, 0.15) is 5.69 Å². The molecule has 0 N–H and O–H groups in total. The minimum absolute atomic E-state index is 0.939. The highest BCUT2D eigenvalue weighted by Crippen LogP contribution is 2.40. The number of para-hydroxylation sites is 2. The first-order valence-corrected chi connectivity index (χ1v) is 11.8. The van der Waals surface area contributed by atoms with Crippen molar-refractivity contribution in [2.24, 2.45) is 0 Å². The van der Waals surface area contributed by atoms with Crippen LogP contribution in [0.15, 0.2) is 103 Å². The largest absolute Gasteiger partial charge is 0.378 e. The molecule has 0 saturated heterocycles. The molecule has 6 aromatic rings. The highest BCUT2D eigenvalue weighted by atomic mass is 15.3. The molecule has 4 nitrogen and oxygen atoms in total. The third-order valence-electron chi connectivity index (χ3n) is 6.50. The Hall–Kier alpha value is -4.44. The predicted molar refractivity (Wildman–Crippen MR) is 146 cm³/mol. The minimum atomic E-state index is 0.939. The van der Waals surface area contributed by atoms with Crippen molar-refractivity contribution in [2.75, 3.05) is 19.0 Å². The van der Waals surface area contributed by atoms with Crippen LogP contribution in [0, 0.1) is 6.92 Å². The Morgan fingerprint density at radius 2 is 1.29 bits per heavy atom. The number of rotatable bonds is 4. The lowest BCUT2D eigenvalue weighted by atomic mass is 9.99. The Morgan fingerprint density at radius 3 is 2.00 bits per heavy atom. The van der Waals surface area contributed by atoms with Crippen molar-refractivity contribution in [1.29, 1.82) is 0 Å². The SMILES string of the molecule is Cc1ccc(-c2nn(-c3ccccc3)c3c2c(-c2ccc(N(C)C)cc2)nc2ccccc23)cc1. The lowest BCUT2D eigenvalue weighted by Crippen LogP contribution is -2.07. The van der Waals surface area contributed by atoms with Crippen molar-refractivity contribution < 1.29 is 0 Å². The highest BCUT2D eigenvalue weighted by molar-refractivity contribution is 6.14. The van der Waals surface area contributed by atoms with Crippen molar-refractivity contribution >= 4 is 27.5 Å². The molecule has 4 heteroatoms. The Morgan fingerprint density at radius 1 is 0.657 bits per heavy atom. The van der Waals surface area contributed by atoms with E-state index in [4.69, 9.17) is 10.1 Å². The number of aromatic nitrogens is 3. The first kappa shape index (κ1) is 21.1. The van der Waals surface area contributed by atoms with Gasteiger partial charge in [-0.3, -0.25) is 0 Å². The van der Waals surface area contributed by atoms with Gasteiger partial charge in [0.05, 0.1) is 27.8 Å². The second-order valence-corrected chi connectivity index (χ2v) is 9.10. The number of hydrogen-bond acceptors (Lipinski definition) is 3. The molecule has 170 valence electrons. The first-order valence-electron chi connectivity index (χ1n) is 11.8. The maximum Gasteiger partial charge on any atom is 0.103 e. The molecule has 6 rings (SSSR count). The van der Waals surface area contributed by atoms with E-state index in [1.54, 1.807) is 0 Å². The molecule has 0 amide bonds. The van der Waals surface area contributed by atoms with Gasteiger partial charge in [0.25, 0.3) is 0 Å². The first-order chi connectivity index (χ1) is 17.1. The number of nitrogens with zero attached hydrogens (tertiary/aromatic N) is 4. The molecule has 0 aliphatic rings. The van der Waals surface area contributed by atoms with E-state index in [1.807, 2.05) is 12.1 Å². The van der Waals surface area contributed by atoms with Gasteiger partial charge >= 0.3 is 0 Å². The van der Waals surface area contributed by atoms with Gasteiger partial charge in [-0.25, -0.2) is 9.67 Å². The average Bonchev–Trinajstić information content (AvgIpc) is 3.30. The van der Waals surface area contributed by atoms with Crippen molar-refractivity contribution in [3.8, 4) is 28.2 Å². The third-order valence-corrected chi connectivity index (χ3v) is 6.50. The fourth-order valence-electron chi connectivity index (χ4n) is 4.63. The summed E-state index contributed by atoms with van der Waals surface area (Å²) >= 11 is 0. The molecule has 2 heterocycles. The number of benzene rings is 4. The van der Waals surface area contributed by atoms with E-state index in [0.29, 0.717) is 0 Å². The lowest BCUT2D eigenvalue weighted by Gasteiger charge is -2.14. The van der Waals surface area contributed by atoms with Crippen LogP contribution in [-0.2, 0) is 0 Å². The quantitative estimate of drug-likeness (QED) is 0.281. The fourth-order valence-corrected chi connectivity index (χ4v) is 4.63. The molecule has 0 spiro atoms. The van der Waals surface area contributed by atoms with E-state index in [1.165, 1.54) is 5.56 Å². The molecule has 0 aliphatic carbocycles. The van der Waals surface area contributed by atoms with Gasteiger partial charge in [-0.2, -0.15) is 5.10 Å². The zero-order chi connectivity index (χ0) is 23.9. The maximum atomic E-state index is 5.21. The zero-order valence-electron chi connectivity index (χ0n) is 20.1. The van der Waals surface area contributed by atoms with Gasteiger partial charge in [-0.05, 0) is 37.3 Å². The van der Waals surface area contributed by atoms with Crippen LogP contribution in [0.2, 0.25) is 0 Å². The van der Waals surface area contributed by atoms with Crippen LogP contribution >= 0.6 is 0 Å². The van der Waals surface area contributed by atoms with E-state index in [9.17, 15) is 0 Å². The summed E-state index contributed by atoms with van der Waals surface area (Å²) in [6, 6.07) is 35.9. The standard InChI is InChI=1S/C31H26N4/c1-21-13-15-23(16-14-21)30-28-29(22-17-19-24(20-18-22)34(2)3)32-27-12-8-7-11-26(27)31(28)35(33-30)25-9-5-4-6-10-25/h4-20H,1-3H3. The van der Waals surface area contributed by atoms with Gasteiger partial charge in [0.2, 0.25) is 0 Å². The topological polar surface area (TPSA) is 34.0 Å². The second kappa shape index (κ2) is 8.41. The van der Waals surface area contributed by atoms with E-state index in [2.05, 4.69) is 122 Å². The zero-order valence-corrected chi connectivity index (χ0v) is 20.1. The normalized spacial score (nSPS) is 11.3. The van der Waals surface area contributed by atoms with Gasteiger partial charge in [-0.1, -0.05) is 78.4 Å². The van der Waals surface area contributed by atoms with Crippen molar-refractivity contribution in [1.82, 2.24) is 14.8 Å². The number of anilines is 1. The summed E-state index contributed by atoms with van der Waals surface area (Å²) in [7, 11) is 4.11. The molecule has 0 saturated carbocycles. The van der Waals surface area contributed by atoms with Crippen molar-refractivity contribution in [3.63, 3.8) is 0 Å². The average molecular weight is 455 g/mol. The Bertz CT molecular complexity index is 1650. The summed E-state index contributed by atoms with van der Waals surface area (Å²) in [6.07, 6.45) is 0. The van der Waals surface area contributed by atoms with Gasteiger partial charge < -0.3 is 4.90 Å². The van der Waals surface area contributed by atoms with Crippen LogP contribution in [0.3, 0.4) is 0 Å². The molecule has 0 unspecified atom stereocenters. The second-order valence-electron chi connectivity index (χ2n) is 9.10. The number of hydrogen-bond donors (Lipinski definition) is 0. The molecular formula is C31H26N4. The monoisotopic (exact) mass is 454 g/mol. The van der Waals surface area contributed by atoms with Gasteiger partial charge in [0.15, 0.2) is 0 Å². The fraction of sp³-hybridized carbons (Fsp3) is 0.0968. The summed E-state index contributed by atoms with van der Waals surface area (Å²) in [6.45, 7) is 2.11. The van der Waals surface area contributed by atoms with Crippen molar-refractivity contribution in [2.45, 2.75) is 6.92 Å². The summed E-state index contributed by atoms with van der Waals surface area (Å²) in [5.74, 6) is 0. The smallest absolute Gasteiger partial charge is 0.103 e. The van der Waals surface area contributed by atoms with Gasteiger partial charge in [0, 0.05) is 36.3 Å². The molecule has 0 fully saturated rings. The number of fused-ring (bicyclic) bond motifs is 3. The van der Waals surface area contributed by atoms with E-state index in [-0.39, 0.29) is 0 Å². The Labute approximate surface area is 205 Å². The van der Waals surface area contributed by atoms with E-state index in [0.717, 1.165) is 55.7 Å². The molecule has 0 radical (unpaired) electrons. The van der Waals surface area contributed by atoms with Crippen LogP contribution in [-0.4, -0.2) is 28.9 Å². The molecule has 2 aromatic heterocycles. The van der Waals surface area contributed by atoms with Crippen LogP contribution < -0.4 is 4.90 Å². The molecule has 0 bridgehead atoms. The summed E-state index contributed by atoms with van der Waals surface area (Å²) < 4.78 is 2.08. The molecule has 4 aromatic carbocycles. The molecule has 0 atom stereocenters. The van der Waals surface area contributed by atoms with Crippen LogP contribution in [0.5, 0.6) is 0 Å². The minimum Gasteiger partial charge on any atom is -0.378 e. The predicted octanol–water partition coefficient (Wildman–Crippen LogP) is 7.28. The molecule has 0 aliphatic heterocycles. The molecule has 35 heavy (non-hydrogen) atoms. The third kappa shape index (κ3) is 3.64. The van der Waals surface area contributed by atoms with Crippen LogP contribution in [0.4, 0.5) is 5.69 Å². The maximum absolute atomic E-state index is 5.21. The summed E-state index contributed by atoms with van der Waals surface area (Å²) in [5, 5.41) is 7.36. The number of aryl methyl sites for hydroxylation is 1. The van der Waals surface area contributed by atoms with E-state index < -0.39 is 0 Å². The summed E-state index contributed by atoms with van der Waals surface area (Å²) in [5.41, 5.74) is 9.49. The Kier molecular flexibility index (Phi) is 5.07. The Balaban J connectivity index is 1.75. The molecular weight excluding hydrogens is 428 g/mol. The van der Waals surface area contributed by atoms with Crippen molar-refractivity contribution in [3.05, 3.63) is 109 Å². The number of pyridine rings is 1. The van der Waals surface area contributed by atoms with Crippen LogP contribution in [0.25, 0.3) is 50.0 Å². The van der Waals surface area contributed by atoms with Gasteiger partial charge in [-0.15, -0.1) is 0 Å². The van der Waals surface area contributed by atoms with Crippen LogP contribution in [0.1, 0.15) is 5.56 Å². The summed E-state index contributed by atoms with van der Waals surface area (Å²) in [4.78, 5) is 7.30. The highest BCUT2D eigenvalue weighted by Gasteiger charge is 2.22. The van der Waals surface area contributed by atoms with E-state index >= 15 is 0 Å². The lowest BCUT2D eigenvalue weighted by molar-refractivity contribution is 0.917.